The molecule has 1 N–H and O–H groups in total. The van der Waals surface area contributed by atoms with E-state index >= 15 is 0 Å². The van der Waals surface area contributed by atoms with Crippen LogP contribution >= 0.6 is 11.3 Å². The molecule has 0 radical (unpaired) electrons. The Morgan fingerprint density at radius 1 is 1.22 bits per heavy atom. The van der Waals surface area contributed by atoms with Crippen LogP contribution in [0.5, 0.6) is 11.5 Å². The van der Waals surface area contributed by atoms with Crippen molar-refractivity contribution in [3.63, 3.8) is 0 Å². The predicted molar refractivity (Wildman–Crippen MR) is 108 cm³/mol. The Bertz CT molecular complexity index is 924. The molecule has 1 saturated heterocycles. The summed E-state index contributed by atoms with van der Waals surface area (Å²) < 4.78 is 6.02. The lowest BCUT2D eigenvalue weighted by Gasteiger charge is -2.32. The standard InChI is InChI=1S/C21H24N2O3S/c1-13-4-9-27-18(13)11-17-20(25)19-14(2)10-16(24)15(21(19)26-17)12-23-7-5-22(3)6-8-23/h4,9-11,24H,5-8,12H2,1-3H3/b17-11-. The molecule has 0 bridgehead atoms. The summed E-state index contributed by atoms with van der Waals surface area (Å²) in [5.74, 6) is 0.960. The van der Waals surface area contributed by atoms with Crippen LogP contribution < -0.4 is 4.74 Å². The summed E-state index contributed by atoms with van der Waals surface area (Å²) in [6.45, 7) is 8.31. The van der Waals surface area contributed by atoms with E-state index in [1.54, 1.807) is 17.4 Å². The minimum atomic E-state index is -0.102. The first-order chi connectivity index (χ1) is 12.9. The number of phenolic OH excluding ortho intramolecular Hbond substituents is 1. The van der Waals surface area contributed by atoms with Crippen LogP contribution in [0.2, 0.25) is 0 Å². The predicted octanol–water partition coefficient (Wildman–Crippen LogP) is 3.43. The maximum absolute atomic E-state index is 13.0. The number of aromatic hydroxyl groups is 1. The fourth-order valence-electron chi connectivity index (χ4n) is 3.61. The Kier molecular flexibility index (Phi) is 4.80. The van der Waals surface area contributed by atoms with Crippen molar-refractivity contribution in [1.29, 1.82) is 0 Å². The SMILES string of the molecule is Cc1ccsc1/C=C1\Oc2c(CN3CCN(C)CC3)c(O)cc(C)c2C1=O. The monoisotopic (exact) mass is 384 g/mol. The van der Waals surface area contributed by atoms with E-state index in [4.69, 9.17) is 4.74 Å². The van der Waals surface area contributed by atoms with Gasteiger partial charge in [-0.05, 0) is 49.5 Å². The van der Waals surface area contributed by atoms with E-state index in [0.717, 1.165) is 42.2 Å². The number of carbonyl (C=O) groups is 1. The van der Waals surface area contributed by atoms with Gasteiger partial charge in [-0.2, -0.15) is 0 Å². The highest BCUT2D eigenvalue weighted by molar-refractivity contribution is 7.11. The maximum Gasteiger partial charge on any atom is 0.232 e. The smallest absolute Gasteiger partial charge is 0.232 e. The van der Waals surface area contributed by atoms with Crippen LogP contribution in [0.1, 0.15) is 31.9 Å². The average Bonchev–Trinajstić information content (AvgIpc) is 3.18. The molecule has 3 heterocycles. The number of piperazine rings is 1. The summed E-state index contributed by atoms with van der Waals surface area (Å²) in [6, 6.07) is 3.71. The van der Waals surface area contributed by atoms with Crippen molar-refractivity contribution in [3.05, 3.63) is 50.4 Å². The van der Waals surface area contributed by atoms with Crippen molar-refractivity contribution in [1.82, 2.24) is 9.80 Å². The second kappa shape index (κ2) is 7.11. The van der Waals surface area contributed by atoms with Crippen LogP contribution in [-0.4, -0.2) is 53.9 Å². The van der Waals surface area contributed by atoms with E-state index in [0.29, 0.717) is 29.2 Å². The van der Waals surface area contributed by atoms with Gasteiger partial charge in [0.1, 0.15) is 11.5 Å². The van der Waals surface area contributed by atoms with E-state index in [2.05, 4.69) is 16.8 Å². The summed E-state index contributed by atoms with van der Waals surface area (Å²) >= 11 is 1.59. The molecular weight excluding hydrogens is 360 g/mol. The van der Waals surface area contributed by atoms with E-state index in [1.165, 1.54) is 0 Å². The van der Waals surface area contributed by atoms with E-state index in [1.807, 2.05) is 31.4 Å². The lowest BCUT2D eigenvalue weighted by molar-refractivity contribution is 0.101. The topological polar surface area (TPSA) is 53.0 Å². The fraction of sp³-hybridized carbons (Fsp3) is 0.381. The fourth-order valence-corrected chi connectivity index (χ4v) is 4.46. The van der Waals surface area contributed by atoms with Gasteiger partial charge in [-0.1, -0.05) is 0 Å². The first kappa shape index (κ1) is 18.2. The van der Waals surface area contributed by atoms with E-state index in [9.17, 15) is 9.90 Å². The molecule has 27 heavy (non-hydrogen) atoms. The first-order valence-electron chi connectivity index (χ1n) is 9.18. The van der Waals surface area contributed by atoms with Crippen LogP contribution in [0.4, 0.5) is 0 Å². The number of Topliss-reactive ketones (excluding diaryl/α,β-unsaturated/α-hetero) is 1. The number of hydrogen-bond acceptors (Lipinski definition) is 6. The normalized spacial score (nSPS) is 19.5. The van der Waals surface area contributed by atoms with Crippen LogP contribution in [0.15, 0.2) is 23.3 Å². The van der Waals surface area contributed by atoms with Gasteiger partial charge in [-0.15, -0.1) is 11.3 Å². The van der Waals surface area contributed by atoms with Gasteiger partial charge >= 0.3 is 0 Å². The van der Waals surface area contributed by atoms with Gasteiger partial charge in [0.05, 0.1) is 11.1 Å². The van der Waals surface area contributed by atoms with Crippen LogP contribution in [0, 0.1) is 13.8 Å². The molecule has 1 aromatic heterocycles. The van der Waals surface area contributed by atoms with Gasteiger partial charge in [0.2, 0.25) is 5.78 Å². The van der Waals surface area contributed by atoms with Crippen molar-refractivity contribution < 1.29 is 14.6 Å². The second-order valence-corrected chi connectivity index (χ2v) is 8.33. The van der Waals surface area contributed by atoms with Crippen LogP contribution in [0.25, 0.3) is 6.08 Å². The molecule has 6 heteroatoms. The quantitative estimate of drug-likeness (QED) is 0.822. The van der Waals surface area contributed by atoms with Crippen molar-refractivity contribution in [2.45, 2.75) is 20.4 Å². The van der Waals surface area contributed by atoms with Gasteiger partial charge in [0.15, 0.2) is 5.76 Å². The summed E-state index contributed by atoms with van der Waals surface area (Å²) in [5, 5.41) is 12.6. The maximum atomic E-state index is 13.0. The number of allylic oxidation sites excluding steroid dienone is 1. The number of aryl methyl sites for hydroxylation is 2. The molecule has 5 nitrogen and oxygen atoms in total. The summed E-state index contributed by atoms with van der Waals surface area (Å²) in [5.41, 5.74) is 3.16. The number of phenols is 1. The Morgan fingerprint density at radius 2 is 1.96 bits per heavy atom. The molecule has 2 aromatic rings. The summed E-state index contributed by atoms with van der Waals surface area (Å²) in [4.78, 5) is 18.6. The third kappa shape index (κ3) is 3.40. The molecule has 1 aromatic carbocycles. The van der Waals surface area contributed by atoms with Crippen molar-refractivity contribution >= 4 is 23.2 Å². The third-order valence-electron chi connectivity index (χ3n) is 5.36. The van der Waals surface area contributed by atoms with Gasteiger partial charge in [0, 0.05) is 43.7 Å². The highest BCUT2D eigenvalue weighted by atomic mass is 32.1. The van der Waals surface area contributed by atoms with Crippen LogP contribution in [-0.2, 0) is 6.54 Å². The molecule has 2 aliphatic heterocycles. The number of ketones is 1. The number of fused-ring (bicyclic) bond motifs is 1. The van der Waals surface area contributed by atoms with Gasteiger partial charge in [-0.25, -0.2) is 0 Å². The second-order valence-electron chi connectivity index (χ2n) is 7.38. The lowest BCUT2D eigenvalue weighted by Crippen LogP contribution is -2.43. The first-order valence-corrected chi connectivity index (χ1v) is 10.1. The van der Waals surface area contributed by atoms with Crippen LogP contribution in [0.3, 0.4) is 0 Å². The minimum absolute atomic E-state index is 0.102. The number of rotatable bonds is 3. The average molecular weight is 385 g/mol. The van der Waals surface area contributed by atoms with Gasteiger partial charge in [0.25, 0.3) is 0 Å². The Labute approximate surface area is 163 Å². The zero-order chi connectivity index (χ0) is 19.1. The lowest BCUT2D eigenvalue weighted by atomic mass is 9.99. The number of benzene rings is 1. The molecule has 0 unspecified atom stereocenters. The molecular formula is C21H24N2O3S. The Morgan fingerprint density at radius 3 is 2.63 bits per heavy atom. The molecule has 0 spiro atoms. The van der Waals surface area contributed by atoms with E-state index in [-0.39, 0.29) is 11.5 Å². The third-order valence-corrected chi connectivity index (χ3v) is 6.33. The largest absolute Gasteiger partial charge is 0.507 e. The van der Waals surface area contributed by atoms with Gasteiger partial charge in [-0.3, -0.25) is 9.69 Å². The summed E-state index contributed by atoms with van der Waals surface area (Å²) in [7, 11) is 2.11. The molecule has 0 atom stereocenters. The molecule has 142 valence electrons. The molecule has 4 rings (SSSR count). The molecule has 2 aliphatic rings. The number of ether oxygens (including phenoxy) is 1. The summed E-state index contributed by atoms with van der Waals surface area (Å²) in [6.07, 6.45) is 1.82. The molecule has 0 aliphatic carbocycles. The minimum Gasteiger partial charge on any atom is -0.507 e. The van der Waals surface area contributed by atoms with Crippen molar-refractivity contribution in [3.8, 4) is 11.5 Å². The highest BCUT2D eigenvalue weighted by Gasteiger charge is 2.34. The Balaban J connectivity index is 1.68. The number of likely N-dealkylation sites (N-methyl/N-ethyl adjacent to an activating group) is 1. The van der Waals surface area contributed by atoms with Crippen molar-refractivity contribution in [2.24, 2.45) is 0 Å². The highest BCUT2D eigenvalue weighted by Crippen LogP contribution is 2.42. The number of nitrogens with zero attached hydrogens (tertiary/aromatic N) is 2. The van der Waals surface area contributed by atoms with Crippen molar-refractivity contribution in [2.75, 3.05) is 33.2 Å². The zero-order valence-corrected chi connectivity index (χ0v) is 16.7. The number of hydrogen-bond donors (Lipinski definition) is 1. The van der Waals surface area contributed by atoms with Gasteiger partial charge < -0.3 is 14.7 Å². The van der Waals surface area contributed by atoms with E-state index < -0.39 is 0 Å². The number of carbonyl (C=O) groups excluding carboxylic acids is 1. The zero-order valence-electron chi connectivity index (χ0n) is 15.9. The molecule has 1 fully saturated rings. The molecule has 0 amide bonds. The molecule has 0 saturated carbocycles. The Hall–Kier alpha value is -2.15. The number of thiophene rings is 1.